The van der Waals surface area contributed by atoms with Gasteiger partial charge in [0.1, 0.15) is 12.3 Å². The third-order valence-electron chi connectivity index (χ3n) is 6.56. The number of halogens is 3. The summed E-state index contributed by atoms with van der Waals surface area (Å²) in [5.74, 6) is 5.41. The van der Waals surface area contributed by atoms with E-state index in [0.717, 1.165) is 10.8 Å². The Morgan fingerprint density at radius 1 is 1.17 bits per heavy atom. The lowest BCUT2D eigenvalue weighted by atomic mass is 10.1. The standard InChI is InChI=1S/C27H31F3N4O6S2/c1-41(36,37)20-7-8-23(25(15-20)40-16-26(31)35)32-11-3-4-19-14-21-22(33-18-9-12-42(38,39)13-10-18)5-2-6-24(21)34(19)17-27(28,29)30/h2,5-8,14-15,18,32-33,38-39H,9-13,16-17H2,1H3,(H2,31,35). The maximum absolute atomic E-state index is 13.5. The van der Waals surface area contributed by atoms with Crippen molar-refractivity contribution in [2.45, 2.75) is 36.5 Å². The molecular weight excluding hydrogens is 597 g/mol. The van der Waals surface area contributed by atoms with Crippen molar-refractivity contribution >= 4 is 48.6 Å². The number of nitrogens with zero attached hydrogens (tertiary/aromatic N) is 1. The van der Waals surface area contributed by atoms with E-state index < -0.39 is 45.7 Å². The molecule has 42 heavy (non-hydrogen) atoms. The molecule has 2 heterocycles. The van der Waals surface area contributed by atoms with Crippen LogP contribution in [0.3, 0.4) is 0 Å². The van der Waals surface area contributed by atoms with Gasteiger partial charge in [-0.1, -0.05) is 12.0 Å². The lowest BCUT2D eigenvalue weighted by molar-refractivity contribution is -0.140. The Hall–Kier alpha value is -3.58. The quantitative estimate of drug-likeness (QED) is 0.220. The van der Waals surface area contributed by atoms with Crippen molar-refractivity contribution in [2.75, 3.05) is 41.5 Å². The van der Waals surface area contributed by atoms with Crippen LogP contribution in [-0.2, 0) is 21.2 Å². The van der Waals surface area contributed by atoms with Gasteiger partial charge < -0.3 is 25.7 Å². The van der Waals surface area contributed by atoms with E-state index in [1.165, 1.54) is 18.2 Å². The first-order valence-electron chi connectivity index (χ1n) is 12.8. The number of nitrogens with one attached hydrogen (secondary N) is 2. The van der Waals surface area contributed by atoms with Gasteiger partial charge >= 0.3 is 6.18 Å². The number of anilines is 2. The second kappa shape index (κ2) is 12.3. The van der Waals surface area contributed by atoms with Crippen LogP contribution in [0.15, 0.2) is 47.4 Å². The Kier molecular flexibility index (Phi) is 9.21. The first kappa shape index (κ1) is 31.4. The van der Waals surface area contributed by atoms with Crippen LogP contribution in [0.5, 0.6) is 5.75 Å². The Morgan fingerprint density at radius 2 is 1.88 bits per heavy atom. The molecule has 0 bridgehead atoms. The van der Waals surface area contributed by atoms with Crippen LogP contribution < -0.4 is 21.1 Å². The van der Waals surface area contributed by atoms with Gasteiger partial charge in [0, 0.05) is 40.9 Å². The van der Waals surface area contributed by atoms with Gasteiger partial charge in [0.25, 0.3) is 5.91 Å². The zero-order valence-corrected chi connectivity index (χ0v) is 24.2. The molecule has 228 valence electrons. The Bertz CT molecular complexity index is 1630. The van der Waals surface area contributed by atoms with Crippen LogP contribution in [0.2, 0.25) is 0 Å². The maximum atomic E-state index is 13.5. The average Bonchev–Trinajstić information content (AvgIpc) is 3.23. The molecule has 1 aliphatic rings. The largest absolute Gasteiger partial charge is 0.482 e. The van der Waals surface area contributed by atoms with Gasteiger partial charge in [-0.3, -0.25) is 13.9 Å². The lowest BCUT2D eigenvalue weighted by Gasteiger charge is -2.39. The summed E-state index contributed by atoms with van der Waals surface area (Å²) >= 11 is 0. The number of amides is 1. The van der Waals surface area contributed by atoms with E-state index in [0.29, 0.717) is 35.1 Å². The van der Waals surface area contributed by atoms with E-state index in [1.54, 1.807) is 24.3 Å². The van der Waals surface area contributed by atoms with Crippen molar-refractivity contribution in [3.8, 4) is 17.6 Å². The molecule has 1 aliphatic heterocycles. The minimum absolute atomic E-state index is 0.0406. The van der Waals surface area contributed by atoms with Crippen LogP contribution in [-0.4, -0.2) is 71.1 Å². The Labute approximate surface area is 242 Å². The molecular formula is C27H31F3N4O6S2. The van der Waals surface area contributed by atoms with Crippen molar-refractivity contribution in [3.05, 3.63) is 48.2 Å². The van der Waals surface area contributed by atoms with Gasteiger partial charge in [-0.2, -0.15) is 23.8 Å². The number of benzene rings is 2. The minimum atomic E-state index is -4.50. The summed E-state index contributed by atoms with van der Waals surface area (Å²) < 4.78 is 90.7. The number of rotatable bonds is 9. The number of nitrogens with two attached hydrogens (primary N) is 1. The number of hydrogen-bond acceptors (Lipinski definition) is 8. The zero-order chi connectivity index (χ0) is 30.7. The second-order valence-electron chi connectivity index (χ2n) is 9.94. The molecule has 0 unspecified atom stereocenters. The molecule has 2 aromatic carbocycles. The summed E-state index contributed by atoms with van der Waals surface area (Å²) in [6.45, 7) is -1.79. The van der Waals surface area contributed by atoms with Gasteiger partial charge in [0.2, 0.25) is 0 Å². The number of alkyl halides is 3. The molecule has 0 atom stereocenters. The zero-order valence-electron chi connectivity index (χ0n) is 22.6. The van der Waals surface area contributed by atoms with E-state index in [4.69, 9.17) is 10.5 Å². The molecule has 10 nitrogen and oxygen atoms in total. The molecule has 0 saturated carbocycles. The van der Waals surface area contributed by atoms with E-state index in [-0.39, 0.29) is 40.4 Å². The smallest absolute Gasteiger partial charge is 0.406 e. The molecule has 1 aromatic heterocycles. The van der Waals surface area contributed by atoms with E-state index in [1.807, 2.05) is 0 Å². The number of primary amides is 1. The van der Waals surface area contributed by atoms with Gasteiger partial charge in [-0.25, -0.2) is 8.42 Å². The van der Waals surface area contributed by atoms with Crippen molar-refractivity contribution in [1.82, 2.24) is 4.57 Å². The first-order valence-corrected chi connectivity index (χ1v) is 16.6. The minimum Gasteiger partial charge on any atom is -0.482 e. The van der Waals surface area contributed by atoms with E-state index in [9.17, 15) is 35.5 Å². The van der Waals surface area contributed by atoms with Crippen LogP contribution in [0.4, 0.5) is 24.5 Å². The number of fused-ring (bicyclic) bond motifs is 1. The SMILES string of the molecule is CS(=O)(=O)c1ccc(NCC#Cc2cc3c(NC4CCS(O)(O)CC4)cccc3n2CC(F)(F)F)c(OCC(N)=O)c1. The van der Waals surface area contributed by atoms with Crippen LogP contribution in [0.1, 0.15) is 18.5 Å². The third-order valence-corrected chi connectivity index (χ3v) is 9.45. The average molecular weight is 629 g/mol. The highest BCUT2D eigenvalue weighted by Crippen LogP contribution is 2.44. The fourth-order valence-corrected chi connectivity index (χ4v) is 6.72. The molecule has 15 heteroatoms. The maximum Gasteiger partial charge on any atom is 0.406 e. The molecule has 0 spiro atoms. The van der Waals surface area contributed by atoms with Crippen LogP contribution >= 0.6 is 10.6 Å². The number of carbonyl (C=O) groups is 1. The van der Waals surface area contributed by atoms with Crippen molar-refractivity contribution in [3.63, 3.8) is 0 Å². The molecule has 1 amide bonds. The molecule has 6 N–H and O–H groups in total. The predicted octanol–water partition coefficient (Wildman–Crippen LogP) is 4.26. The predicted molar refractivity (Wildman–Crippen MR) is 157 cm³/mol. The number of carbonyl (C=O) groups excluding carboxylic acids is 1. The summed E-state index contributed by atoms with van der Waals surface area (Å²) in [7, 11) is -6.14. The molecule has 0 aliphatic carbocycles. The topological polar surface area (TPSA) is 156 Å². The number of sulfone groups is 1. The first-order chi connectivity index (χ1) is 19.6. The monoisotopic (exact) mass is 628 g/mol. The molecule has 4 rings (SSSR count). The number of ether oxygens (including phenoxy) is 1. The molecule has 1 fully saturated rings. The third kappa shape index (κ3) is 8.25. The highest BCUT2D eigenvalue weighted by atomic mass is 32.3. The fraction of sp³-hybridized carbons (Fsp3) is 0.370. The van der Waals surface area contributed by atoms with Gasteiger partial charge in [-0.05, 0) is 49.1 Å². The molecule has 3 aromatic rings. The highest BCUT2D eigenvalue weighted by Gasteiger charge is 2.30. The summed E-state index contributed by atoms with van der Waals surface area (Å²) in [6.07, 6.45) is -2.44. The Balaban J connectivity index is 1.59. The normalized spacial score (nSPS) is 16.3. The number of aromatic nitrogens is 1. The summed E-state index contributed by atoms with van der Waals surface area (Å²) in [5.41, 5.74) is 6.54. The molecule has 0 radical (unpaired) electrons. The summed E-state index contributed by atoms with van der Waals surface area (Å²) in [4.78, 5) is 11.1. The fourth-order valence-electron chi connectivity index (χ4n) is 4.56. The van der Waals surface area contributed by atoms with E-state index in [2.05, 4.69) is 22.5 Å². The number of hydrogen-bond donors (Lipinski definition) is 5. The lowest BCUT2D eigenvalue weighted by Crippen LogP contribution is -2.30. The van der Waals surface area contributed by atoms with Crippen LogP contribution in [0, 0.1) is 11.8 Å². The van der Waals surface area contributed by atoms with Crippen LogP contribution in [0.25, 0.3) is 10.9 Å². The second-order valence-corrected chi connectivity index (χ2v) is 14.4. The van der Waals surface area contributed by atoms with Gasteiger partial charge in [0.05, 0.1) is 28.3 Å². The Morgan fingerprint density at radius 3 is 2.52 bits per heavy atom. The van der Waals surface area contributed by atoms with Crippen molar-refractivity contribution < 1.29 is 40.2 Å². The highest BCUT2D eigenvalue weighted by molar-refractivity contribution is 8.24. The van der Waals surface area contributed by atoms with Crippen molar-refractivity contribution in [2.24, 2.45) is 5.73 Å². The van der Waals surface area contributed by atoms with E-state index >= 15 is 0 Å². The van der Waals surface area contributed by atoms with Gasteiger partial charge in [-0.15, -0.1) is 0 Å². The van der Waals surface area contributed by atoms with Crippen molar-refractivity contribution in [1.29, 1.82) is 0 Å². The summed E-state index contributed by atoms with van der Waals surface area (Å²) in [5, 5.41) is 6.82. The summed E-state index contributed by atoms with van der Waals surface area (Å²) in [6, 6.07) is 10.5. The van der Waals surface area contributed by atoms with Gasteiger partial charge in [0.15, 0.2) is 16.4 Å². The molecule has 1 saturated heterocycles.